The summed E-state index contributed by atoms with van der Waals surface area (Å²) >= 11 is 0. The molecule has 0 aromatic heterocycles. The highest BCUT2D eigenvalue weighted by molar-refractivity contribution is 5.52. The molecule has 1 aromatic rings. The van der Waals surface area contributed by atoms with Crippen LogP contribution in [0.15, 0.2) is 18.2 Å². The van der Waals surface area contributed by atoms with Crippen LogP contribution in [0.25, 0.3) is 0 Å². The predicted octanol–water partition coefficient (Wildman–Crippen LogP) is 2.74. The van der Waals surface area contributed by atoms with Crippen LogP contribution in [0.1, 0.15) is 26.7 Å². The maximum atomic E-state index is 13.0. The summed E-state index contributed by atoms with van der Waals surface area (Å²) < 4.78 is 24.3. The number of hydrogen-bond donors (Lipinski definition) is 1. The second-order valence-corrected chi connectivity index (χ2v) is 5.03. The Morgan fingerprint density at radius 1 is 1.53 bits per heavy atom. The second-order valence-electron chi connectivity index (χ2n) is 5.03. The highest BCUT2D eigenvalue weighted by Gasteiger charge is 2.31. The molecule has 1 aromatic carbocycles. The number of benzene rings is 1. The summed E-state index contributed by atoms with van der Waals surface area (Å²) in [6, 6.07) is 4.12. The number of ether oxygens (including phenoxy) is 2. The quantitative estimate of drug-likeness (QED) is 0.825. The molecule has 17 heavy (non-hydrogen) atoms. The Labute approximate surface area is 101 Å². The minimum atomic E-state index is -0.345. The number of anilines is 1. The van der Waals surface area contributed by atoms with E-state index < -0.39 is 0 Å². The monoisotopic (exact) mass is 239 g/mol. The van der Waals surface area contributed by atoms with E-state index >= 15 is 0 Å². The SMILES string of the molecule is CC1(C)CCC(COc2cc(F)ccc2N)O1. The number of halogens is 1. The van der Waals surface area contributed by atoms with E-state index in [9.17, 15) is 4.39 Å². The molecule has 0 aliphatic carbocycles. The molecule has 1 aliphatic heterocycles. The fourth-order valence-corrected chi connectivity index (χ4v) is 2.01. The van der Waals surface area contributed by atoms with Crippen LogP contribution in [0.3, 0.4) is 0 Å². The van der Waals surface area contributed by atoms with E-state index in [-0.39, 0.29) is 17.5 Å². The van der Waals surface area contributed by atoms with E-state index in [0.29, 0.717) is 18.0 Å². The molecule has 4 heteroatoms. The van der Waals surface area contributed by atoms with E-state index in [4.69, 9.17) is 15.2 Å². The summed E-state index contributed by atoms with van der Waals surface area (Å²) in [5.74, 6) is 0.0418. The third kappa shape index (κ3) is 3.09. The Morgan fingerprint density at radius 3 is 2.94 bits per heavy atom. The lowest BCUT2D eigenvalue weighted by atomic mass is 10.1. The van der Waals surface area contributed by atoms with E-state index in [1.807, 2.05) is 0 Å². The van der Waals surface area contributed by atoms with Gasteiger partial charge in [-0.05, 0) is 38.8 Å². The Hall–Kier alpha value is -1.29. The molecular weight excluding hydrogens is 221 g/mol. The molecule has 0 saturated carbocycles. The minimum absolute atomic E-state index is 0.0627. The fourth-order valence-electron chi connectivity index (χ4n) is 2.01. The van der Waals surface area contributed by atoms with Gasteiger partial charge in [0.15, 0.2) is 0 Å². The summed E-state index contributed by atoms with van der Waals surface area (Å²) in [4.78, 5) is 0. The van der Waals surface area contributed by atoms with Crippen LogP contribution < -0.4 is 10.5 Å². The standard InChI is InChI=1S/C13H18FNO2/c1-13(2)6-5-10(17-13)8-16-12-7-9(14)3-4-11(12)15/h3-4,7,10H,5-6,8,15H2,1-2H3. The van der Waals surface area contributed by atoms with Gasteiger partial charge in [0.05, 0.1) is 17.4 Å². The van der Waals surface area contributed by atoms with E-state index in [2.05, 4.69) is 13.8 Å². The third-order valence-corrected chi connectivity index (χ3v) is 2.95. The van der Waals surface area contributed by atoms with E-state index in [1.54, 1.807) is 0 Å². The van der Waals surface area contributed by atoms with E-state index in [0.717, 1.165) is 12.8 Å². The van der Waals surface area contributed by atoms with Crippen molar-refractivity contribution in [3.05, 3.63) is 24.0 Å². The molecule has 3 nitrogen and oxygen atoms in total. The molecule has 0 amide bonds. The van der Waals surface area contributed by atoms with Crippen molar-refractivity contribution >= 4 is 5.69 Å². The first-order chi connectivity index (χ1) is 7.96. The van der Waals surface area contributed by atoms with Gasteiger partial charge in [0.1, 0.15) is 18.2 Å². The average Bonchev–Trinajstić information content (AvgIpc) is 2.60. The normalized spacial score (nSPS) is 22.6. The van der Waals surface area contributed by atoms with Crippen LogP contribution in [0.5, 0.6) is 5.75 Å². The molecule has 2 N–H and O–H groups in total. The zero-order valence-corrected chi connectivity index (χ0v) is 10.2. The van der Waals surface area contributed by atoms with Gasteiger partial charge in [-0.15, -0.1) is 0 Å². The molecule has 0 bridgehead atoms. The minimum Gasteiger partial charge on any atom is -0.489 e. The van der Waals surface area contributed by atoms with Crippen LogP contribution in [0, 0.1) is 5.82 Å². The Morgan fingerprint density at radius 2 is 2.29 bits per heavy atom. The Bertz CT molecular complexity index is 406. The van der Waals surface area contributed by atoms with Gasteiger partial charge >= 0.3 is 0 Å². The summed E-state index contributed by atoms with van der Waals surface area (Å²) in [5.41, 5.74) is 6.06. The number of nitrogen functional groups attached to an aromatic ring is 1. The van der Waals surface area contributed by atoms with Crippen molar-refractivity contribution in [1.82, 2.24) is 0 Å². The first kappa shape index (κ1) is 12.2. The van der Waals surface area contributed by atoms with Gasteiger partial charge < -0.3 is 15.2 Å². The van der Waals surface area contributed by atoms with Crippen molar-refractivity contribution in [2.45, 2.75) is 38.4 Å². The molecule has 1 aliphatic rings. The summed E-state index contributed by atoms with van der Waals surface area (Å²) in [6.45, 7) is 4.53. The largest absolute Gasteiger partial charge is 0.489 e. The van der Waals surface area contributed by atoms with Crippen molar-refractivity contribution in [1.29, 1.82) is 0 Å². The summed E-state index contributed by atoms with van der Waals surface area (Å²) in [5, 5.41) is 0. The highest BCUT2D eigenvalue weighted by atomic mass is 19.1. The molecular formula is C13H18FNO2. The lowest BCUT2D eigenvalue weighted by Gasteiger charge is -2.19. The van der Waals surface area contributed by atoms with Gasteiger partial charge in [-0.25, -0.2) is 4.39 Å². The summed E-state index contributed by atoms with van der Waals surface area (Å²) in [7, 11) is 0. The highest BCUT2D eigenvalue weighted by Crippen LogP contribution is 2.30. The van der Waals surface area contributed by atoms with Crippen LogP contribution in [-0.4, -0.2) is 18.3 Å². The van der Waals surface area contributed by atoms with Crippen molar-refractivity contribution < 1.29 is 13.9 Å². The molecule has 2 rings (SSSR count). The van der Waals surface area contributed by atoms with Crippen LogP contribution in [0.4, 0.5) is 10.1 Å². The smallest absolute Gasteiger partial charge is 0.145 e. The van der Waals surface area contributed by atoms with Gasteiger partial charge in [0.2, 0.25) is 0 Å². The first-order valence-corrected chi connectivity index (χ1v) is 5.82. The van der Waals surface area contributed by atoms with Gasteiger partial charge in [-0.3, -0.25) is 0 Å². The molecule has 94 valence electrons. The molecule has 1 saturated heterocycles. The van der Waals surface area contributed by atoms with Gasteiger partial charge in [-0.1, -0.05) is 0 Å². The fraction of sp³-hybridized carbons (Fsp3) is 0.538. The Balaban J connectivity index is 1.92. The van der Waals surface area contributed by atoms with E-state index in [1.165, 1.54) is 18.2 Å². The van der Waals surface area contributed by atoms with Crippen molar-refractivity contribution in [3.63, 3.8) is 0 Å². The van der Waals surface area contributed by atoms with Crippen LogP contribution in [-0.2, 0) is 4.74 Å². The molecule has 0 radical (unpaired) electrons. The number of hydrogen-bond acceptors (Lipinski definition) is 3. The molecule has 1 unspecified atom stereocenters. The molecule has 1 heterocycles. The predicted molar refractivity (Wildman–Crippen MR) is 64.5 cm³/mol. The lowest BCUT2D eigenvalue weighted by molar-refractivity contribution is -0.0325. The maximum Gasteiger partial charge on any atom is 0.145 e. The molecule has 0 spiro atoms. The maximum absolute atomic E-state index is 13.0. The summed E-state index contributed by atoms with van der Waals surface area (Å²) in [6.07, 6.45) is 2.04. The lowest BCUT2D eigenvalue weighted by Crippen LogP contribution is -2.24. The van der Waals surface area contributed by atoms with Crippen LogP contribution >= 0.6 is 0 Å². The topological polar surface area (TPSA) is 44.5 Å². The van der Waals surface area contributed by atoms with Crippen LogP contribution in [0.2, 0.25) is 0 Å². The van der Waals surface area contributed by atoms with Gasteiger partial charge in [-0.2, -0.15) is 0 Å². The number of nitrogens with two attached hydrogens (primary N) is 1. The zero-order chi connectivity index (χ0) is 12.5. The molecule has 1 atom stereocenters. The molecule has 1 fully saturated rings. The van der Waals surface area contributed by atoms with Crippen molar-refractivity contribution in [3.8, 4) is 5.75 Å². The Kier molecular flexibility index (Phi) is 3.24. The third-order valence-electron chi connectivity index (χ3n) is 2.95. The second kappa shape index (κ2) is 4.53. The first-order valence-electron chi connectivity index (χ1n) is 5.82. The van der Waals surface area contributed by atoms with Crippen molar-refractivity contribution in [2.24, 2.45) is 0 Å². The van der Waals surface area contributed by atoms with Gasteiger partial charge in [0, 0.05) is 6.07 Å². The average molecular weight is 239 g/mol. The zero-order valence-electron chi connectivity index (χ0n) is 10.2. The van der Waals surface area contributed by atoms with Crippen molar-refractivity contribution in [2.75, 3.05) is 12.3 Å². The number of rotatable bonds is 3. The van der Waals surface area contributed by atoms with Gasteiger partial charge in [0.25, 0.3) is 0 Å².